The number of nitrogens with zero attached hydrogens (tertiary/aromatic N) is 2. The number of amides is 1. The number of hydrogen-bond donors (Lipinski definition) is 1. The molecule has 0 spiro atoms. The van der Waals surface area contributed by atoms with Gasteiger partial charge < -0.3 is 14.6 Å². The maximum atomic E-state index is 12.7. The maximum absolute atomic E-state index is 12.7. The van der Waals surface area contributed by atoms with Gasteiger partial charge in [-0.3, -0.25) is 4.79 Å². The molecule has 0 atom stereocenters. The summed E-state index contributed by atoms with van der Waals surface area (Å²) in [6.45, 7) is 3.67. The summed E-state index contributed by atoms with van der Waals surface area (Å²) in [5.74, 6) is 1.52. The van der Waals surface area contributed by atoms with E-state index < -0.39 is 0 Å². The van der Waals surface area contributed by atoms with Crippen molar-refractivity contribution >= 4 is 28.6 Å². The predicted molar refractivity (Wildman–Crippen MR) is 125 cm³/mol. The van der Waals surface area contributed by atoms with Crippen LogP contribution in [0.3, 0.4) is 0 Å². The molecule has 0 saturated heterocycles. The Labute approximate surface area is 185 Å². The molecule has 0 saturated carbocycles. The van der Waals surface area contributed by atoms with Crippen LogP contribution in [0.1, 0.15) is 22.6 Å². The van der Waals surface area contributed by atoms with Gasteiger partial charge >= 0.3 is 0 Å². The van der Waals surface area contributed by atoms with Gasteiger partial charge in [0.1, 0.15) is 5.76 Å². The molecule has 31 heavy (non-hydrogen) atoms. The van der Waals surface area contributed by atoms with Gasteiger partial charge in [0.05, 0.1) is 12.1 Å². The van der Waals surface area contributed by atoms with Crippen molar-refractivity contribution in [3.8, 4) is 10.8 Å². The van der Waals surface area contributed by atoms with Crippen molar-refractivity contribution in [1.29, 1.82) is 0 Å². The summed E-state index contributed by atoms with van der Waals surface area (Å²) >= 11 is 1.49. The molecular formula is C25H23N3O2S. The molecule has 2 aromatic heterocycles. The summed E-state index contributed by atoms with van der Waals surface area (Å²) < 4.78 is 5.63. The quantitative estimate of drug-likeness (QED) is 0.442. The lowest BCUT2D eigenvalue weighted by molar-refractivity contribution is -0.115. The van der Waals surface area contributed by atoms with Crippen LogP contribution < -0.4 is 10.2 Å². The average Bonchev–Trinajstić information content (AvgIpc) is 3.50. The fourth-order valence-electron chi connectivity index (χ4n) is 3.97. The molecule has 4 aromatic rings. The van der Waals surface area contributed by atoms with Crippen molar-refractivity contribution in [2.45, 2.75) is 26.3 Å². The van der Waals surface area contributed by atoms with Crippen molar-refractivity contribution in [1.82, 2.24) is 4.98 Å². The Morgan fingerprint density at radius 3 is 2.84 bits per heavy atom. The maximum Gasteiger partial charge on any atom is 0.230 e. The first-order chi connectivity index (χ1) is 15.2. The number of para-hydroxylation sites is 2. The Balaban J connectivity index is 1.27. The van der Waals surface area contributed by atoms with Gasteiger partial charge in [-0.2, -0.15) is 0 Å². The first-order valence-electron chi connectivity index (χ1n) is 10.4. The molecular weight excluding hydrogens is 406 g/mol. The first kappa shape index (κ1) is 19.6. The van der Waals surface area contributed by atoms with Crippen LogP contribution in [-0.4, -0.2) is 17.4 Å². The fraction of sp³-hybridized carbons (Fsp3) is 0.200. The van der Waals surface area contributed by atoms with Crippen molar-refractivity contribution < 1.29 is 9.21 Å². The van der Waals surface area contributed by atoms with Crippen molar-refractivity contribution in [2.75, 3.05) is 16.8 Å². The SMILES string of the molecule is Cc1ccc(-c2nc(CC(=O)Nc3ccccc3CN3CCc4ccccc43)cs2)o1. The number of nitrogens with one attached hydrogen (secondary N) is 1. The number of carbonyl (C=O) groups is 1. The minimum atomic E-state index is -0.0678. The Hall–Kier alpha value is -3.38. The largest absolute Gasteiger partial charge is 0.459 e. The second-order valence-corrected chi connectivity index (χ2v) is 8.59. The van der Waals surface area contributed by atoms with Gasteiger partial charge in [0, 0.05) is 29.8 Å². The van der Waals surface area contributed by atoms with Crippen LogP contribution in [0.2, 0.25) is 0 Å². The molecule has 5 rings (SSSR count). The van der Waals surface area contributed by atoms with Gasteiger partial charge in [0.25, 0.3) is 0 Å². The van der Waals surface area contributed by atoms with Crippen LogP contribution in [0.15, 0.2) is 70.5 Å². The molecule has 0 radical (unpaired) electrons. The molecule has 1 amide bonds. The molecule has 1 N–H and O–H groups in total. The number of benzene rings is 2. The van der Waals surface area contributed by atoms with E-state index in [0.29, 0.717) is 0 Å². The van der Waals surface area contributed by atoms with Crippen molar-refractivity contribution in [2.24, 2.45) is 0 Å². The summed E-state index contributed by atoms with van der Waals surface area (Å²) in [5.41, 5.74) is 5.38. The molecule has 0 fully saturated rings. The summed E-state index contributed by atoms with van der Waals surface area (Å²) in [7, 11) is 0. The van der Waals surface area contributed by atoms with E-state index in [1.54, 1.807) is 0 Å². The van der Waals surface area contributed by atoms with Crippen LogP contribution in [0.4, 0.5) is 11.4 Å². The molecule has 5 nitrogen and oxygen atoms in total. The zero-order chi connectivity index (χ0) is 21.2. The molecule has 0 unspecified atom stereocenters. The fourth-order valence-corrected chi connectivity index (χ4v) is 4.75. The van der Waals surface area contributed by atoms with Crippen LogP contribution in [0.25, 0.3) is 10.8 Å². The molecule has 0 aliphatic carbocycles. The predicted octanol–water partition coefficient (Wildman–Crippen LogP) is 5.46. The third-order valence-corrected chi connectivity index (χ3v) is 6.39. The zero-order valence-electron chi connectivity index (χ0n) is 17.3. The summed E-state index contributed by atoms with van der Waals surface area (Å²) in [6.07, 6.45) is 1.29. The monoisotopic (exact) mass is 429 g/mol. The first-order valence-corrected chi connectivity index (χ1v) is 11.3. The van der Waals surface area contributed by atoms with E-state index in [0.717, 1.165) is 53.0 Å². The van der Waals surface area contributed by atoms with E-state index in [1.165, 1.54) is 22.6 Å². The highest BCUT2D eigenvalue weighted by molar-refractivity contribution is 7.13. The molecule has 6 heteroatoms. The second kappa shape index (κ2) is 8.40. The topological polar surface area (TPSA) is 58.4 Å². The standard InChI is InChI=1S/C25H23N3O2S/c1-17-10-11-23(30-17)25-26-20(16-31-25)14-24(29)27-21-8-4-2-7-19(21)15-28-13-12-18-6-3-5-9-22(18)28/h2-11,16H,12-15H2,1H3,(H,27,29). The summed E-state index contributed by atoms with van der Waals surface area (Å²) in [5, 5.41) is 5.80. The molecule has 2 aromatic carbocycles. The number of rotatable bonds is 6. The lowest BCUT2D eigenvalue weighted by atomic mass is 10.1. The minimum Gasteiger partial charge on any atom is -0.459 e. The third kappa shape index (κ3) is 4.25. The zero-order valence-corrected chi connectivity index (χ0v) is 18.1. The Kier molecular flexibility index (Phi) is 5.30. The Bertz CT molecular complexity index is 1230. The van der Waals surface area contributed by atoms with Gasteiger partial charge in [-0.25, -0.2) is 4.98 Å². The molecule has 3 heterocycles. The van der Waals surface area contributed by atoms with E-state index >= 15 is 0 Å². The number of carbonyl (C=O) groups excluding carboxylic acids is 1. The average molecular weight is 430 g/mol. The van der Waals surface area contributed by atoms with Crippen molar-refractivity contribution in [3.05, 3.63) is 88.6 Å². The number of furan rings is 1. The summed E-state index contributed by atoms with van der Waals surface area (Å²) in [4.78, 5) is 19.7. The second-order valence-electron chi connectivity index (χ2n) is 7.74. The van der Waals surface area contributed by atoms with E-state index in [1.807, 2.05) is 42.6 Å². The highest BCUT2D eigenvalue weighted by Gasteiger charge is 2.20. The number of fused-ring (bicyclic) bond motifs is 1. The molecule has 156 valence electrons. The van der Waals surface area contributed by atoms with Gasteiger partial charge in [-0.05, 0) is 48.7 Å². The normalized spacial score (nSPS) is 12.7. The highest BCUT2D eigenvalue weighted by Crippen LogP contribution is 2.30. The summed E-state index contributed by atoms with van der Waals surface area (Å²) in [6, 6.07) is 20.4. The van der Waals surface area contributed by atoms with Crippen molar-refractivity contribution in [3.63, 3.8) is 0 Å². The van der Waals surface area contributed by atoms with Crippen LogP contribution >= 0.6 is 11.3 Å². The number of anilines is 2. The van der Waals surface area contributed by atoms with Crippen LogP contribution in [0.5, 0.6) is 0 Å². The molecule has 0 bridgehead atoms. The Morgan fingerprint density at radius 1 is 1.13 bits per heavy atom. The number of hydrogen-bond acceptors (Lipinski definition) is 5. The molecule has 1 aliphatic rings. The Morgan fingerprint density at radius 2 is 1.97 bits per heavy atom. The van der Waals surface area contributed by atoms with Gasteiger partial charge in [-0.1, -0.05) is 36.4 Å². The lowest BCUT2D eigenvalue weighted by Crippen LogP contribution is -2.22. The van der Waals surface area contributed by atoms with E-state index in [9.17, 15) is 4.79 Å². The lowest BCUT2D eigenvalue weighted by Gasteiger charge is -2.21. The smallest absolute Gasteiger partial charge is 0.230 e. The van der Waals surface area contributed by atoms with Gasteiger partial charge in [0.15, 0.2) is 10.8 Å². The number of thiazole rings is 1. The highest BCUT2D eigenvalue weighted by atomic mass is 32.1. The number of aromatic nitrogens is 1. The molecule has 1 aliphatic heterocycles. The van der Waals surface area contributed by atoms with E-state index in [2.05, 4.69) is 45.5 Å². The van der Waals surface area contributed by atoms with Crippen LogP contribution in [-0.2, 0) is 24.2 Å². The minimum absolute atomic E-state index is 0.0678. The van der Waals surface area contributed by atoms with Crippen LogP contribution in [0, 0.1) is 6.92 Å². The van der Waals surface area contributed by atoms with E-state index in [4.69, 9.17) is 4.42 Å². The third-order valence-electron chi connectivity index (χ3n) is 5.48. The number of aryl methyl sites for hydroxylation is 1. The van der Waals surface area contributed by atoms with Gasteiger partial charge in [-0.15, -0.1) is 11.3 Å². The van der Waals surface area contributed by atoms with E-state index in [-0.39, 0.29) is 12.3 Å². The van der Waals surface area contributed by atoms with Gasteiger partial charge in [0.2, 0.25) is 5.91 Å².